The minimum Gasteiger partial charge on any atom is -0.355 e. The molecule has 2 rings (SSSR count). The van der Waals surface area contributed by atoms with Crippen LogP contribution >= 0.6 is 0 Å². The minimum atomic E-state index is -4.18. The zero-order valence-electron chi connectivity index (χ0n) is 13.6. The number of nitrogens with one attached hydrogen (secondary N) is 2. The molecule has 9 heteroatoms. The van der Waals surface area contributed by atoms with Crippen molar-refractivity contribution >= 4 is 27.3 Å². The summed E-state index contributed by atoms with van der Waals surface area (Å²) < 4.78 is 27.3. The predicted octanol–water partition coefficient (Wildman–Crippen LogP) is 2.32. The largest absolute Gasteiger partial charge is 0.355 e. The van der Waals surface area contributed by atoms with Gasteiger partial charge in [-0.3, -0.25) is 19.6 Å². The molecule has 0 spiro atoms. The maximum Gasteiger partial charge on any atom is 0.290 e. The number of amides is 1. The molecule has 2 aromatic rings. The van der Waals surface area contributed by atoms with Gasteiger partial charge in [-0.2, -0.15) is 0 Å². The number of anilines is 1. The second-order valence-electron chi connectivity index (χ2n) is 5.17. The first kappa shape index (κ1) is 18.4. The van der Waals surface area contributed by atoms with Crippen molar-refractivity contribution in [3.8, 4) is 0 Å². The Morgan fingerprint density at radius 1 is 1.16 bits per heavy atom. The Morgan fingerprint density at radius 2 is 1.80 bits per heavy atom. The van der Waals surface area contributed by atoms with Gasteiger partial charge in [0.2, 0.25) is 0 Å². The number of rotatable bonds is 6. The highest BCUT2D eigenvalue weighted by atomic mass is 32.2. The summed E-state index contributed by atoms with van der Waals surface area (Å²) in [6.07, 6.45) is 0.805. The summed E-state index contributed by atoms with van der Waals surface area (Å²) in [5, 5.41) is 13.6. The van der Waals surface area contributed by atoms with Gasteiger partial charge in [-0.1, -0.05) is 19.1 Å². The first-order chi connectivity index (χ1) is 11.8. The third kappa shape index (κ3) is 4.13. The Bertz CT molecular complexity index is 908. The van der Waals surface area contributed by atoms with E-state index in [1.165, 1.54) is 13.1 Å². The first-order valence-electron chi connectivity index (χ1n) is 7.40. The Hall–Kier alpha value is -2.94. The number of carbonyl (C=O) groups is 1. The number of nitrogens with zero attached hydrogens (tertiary/aromatic N) is 1. The third-order valence-corrected chi connectivity index (χ3v) is 4.98. The number of nitro groups is 1. The van der Waals surface area contributed by atoms with E-state index in [1.54, 1.807) is 24.3 Å². The molecule has 0 aromatic heterocycles. The molecule has 0 heterocycles. The monoisotopic (exact) mass is 363 g/mol. The maximum atomic E-state index is 12.5. The molecule has 0 bridgehead atoms. The normalized spacial score (nSPS) is 11.0. The predicted molar refractivity (Wildman–Crippen MR) is 93.1 cm³/mol. The van der Waals surface area contributed by atoms with Crippen LogP contribution in [0.4, 0.5) is 11.4 Å². The van der Waals surface area contributed by atoms with Crippen LogP contribution in [0.3, 0.4) is 0 Å². The van der Waals surface area contributed by atoms with E-state index < -0.39 is 31.4 Å². The number of hydrogen-bond donors (Lipinski definition) is 2. The Balaban J connectivity index is 2.43. The van der Waals surface area contributed by atoms with E-state index in [2.05, 4.69) is 10.0 Å². The lowest BCUT2D eigenvalue weighted by atomic mass is 10.2. The van der Waals surface area contributed by atoms with Gasteiger partial charge in [0.15, 0.2) is 4.90 Å². The minimum absolute atomic E-state index is 0.000415. The Morgan fingerprint density at radius 3 is 2.32 bits per heavy atom. The van der Waals surface area contributed by atoms with E-state index in [-0.39, 0.29) is 5.56 Å². The average molecular weight is 363 g/mol. The summed E-state index contributed by atoms with van der Waals surface area (Å²) in [6, 6.07) is 9.91. The average Bonchev–Trinajstić information content (AvgIpc) is 2.60. The summed E-state index contributed by atoms with van der Waals surface area (Å²) >= 11 is 0. The highest BCUT2D eigenvalue weighted by molar-refractivity contribution is 7.92. The lowest BCUT2D eigenvalue weighted by Crippen LogP contribution is -2.19. The number of carbonyl (C=O) groups excluding carboxylic acids is 1. The highest BCUT2D eigenvalue weighted by Gasteiger charge is 2.27. The van der Waals surface area contributed by atoms with Crippen LogP contribution in [-0.4, -0.2) is 26.3 Å². The zero-order chi connectivity index (χ0) is 18.6. The first-order valence-corrected chi connectivity index (χ1v) is 8.89. The zero-order valence-corrected chi connectivity index (χ0v) is 14.5. The molecule has 2 N–H and O–H groups in total. The van der Waals surface area contributed by atoms with E-state index in [0.717, 1.165) is 24.1 Å². The third-order valence-electron chi connectivity index (χ3n) is 3.55. The van der Waals surface area contributed by atoms with Crippen LogP contribution in [-0.2, 0) is 16.4 Å². The second kappa shape index (κ2) is 7.31. The molecule has 0 saturated heterocycles. The Kier molecular flexibility index (Phi) is 5.38. The van der Waals surface area contributed by atoms with Crippen molar-refractivity contribution in [2.24, 2.45) is 0 Å². The van der Waals surface area contributed by atoms with E-state index in [1.807, 2.05) is 6.92 Å². The maximum absolute atomic E-state index is 12.5. The van der Waals surface area contributed by atoms with Crippen molar-refractivity contribution in [3.63, 3.8) is 0 Å². The lowest BCUT2D eigenvalue weighted by Gasteiger charge is -2.10. The molecule has 0 unspecified atom stereocenters. The highest BCUT2D eigenvalue weighted by Crippen LogP contribution is 2.27. The van der Waals surface area contributed by atoms with Crippen LogP contribution in [0.5, 0.6) is 0 Å². The van der Waals surface area contributed by atoms with E-state index in [4.69, 9.17) is 0 Å². The molecular formula is C16H17N3O5S. The van der Waals surface area contributed by atoms with Crippen LogP contribution < -0.4 is 10.0 Å². The van der Waals surface area contributed by atoms with Gasteiger partial charge < -0.3 is 5.32 Å². The number of hydrogen-bond acceptors (Lipinski definition) is 5. The van der Waals surface area contributed by atoms with Crippen LogP contribution in [0.2, 0.25) is 0 Å². The molecule has 0 aliphatic rings. The topological polar surface area (TPSA) is 118 Å². The van der Waals surface area contributed by atoms with Gasteiger partial charge in [0.1, 0.15) is 0 Å². The van der Waals surface area contributed by atoms with Crippen molar-refractivity contribution < 1.29 is 18.1 Å². The molecule has 0 atom stereocenters. The molecule has 0 radical (unpaired) electrons. The number of aryl methyl sites for hydroxylation is 1. The summed E-state index contributed by atoms with van der Waals surface area (Å²) in [5.74, 6) is -0.546. The van der Waals surface area contributed by atoms with Crippen molar-refractivity contribution in [2.45, 2.75) is 18.2 Å². The SMILES string of the molecule is CCc1ccc(NS(=O)(=O)c2ccc(C(=O)NC)cc2[N+](=O)[O-])cc1. The van der Waals surface area contributed by atoms with Crippen molar-refractivity contribution in [1.82, 2.24) is 5.32 Å². The fourth-order valence-electron chi connectivity index (χ4n) is 2.19. The lowest BCUT2D eigenvalue weighted by molar-refractivity contribution is -0.387. The number of nitro benzene ring substituents is 1. The van der Waals surface area contributed by atoms with Gasteiger partial charge in [0.25, 0.3) is 21.6 Å². The van der Waals surface area contributed by atoms with Gasteiger partial charge in [0, 0.05) is 24.4 Å². The molecule has 0 aliphatic carbocycles. The van der Waals surface area contributed by atoms with Crippen molar-refractivity contribution in [1.29, 1.82) is 0 Å². The summed E-state index contributed by atoms with van der Waals surface area (Å²) in [4.78, 5) is 21.5. The summed E-state index contributed by atoms with van der Waals surface area (Å²) in [5.41, 5.74) is 0.657. The van der Waals surface area contributed by atoms with Crippen molar-refractivity contribution in [2.75, 3.05) is 11.8 Å². The fourth-order valence-corrected chi connectivity index (χ4v) is 3.40. The van der Waals surface area contributed by atoms with E-state index >= 15 is 0 Å². The fraction of sp³-hybridized carbons (Fsp3) is 0.188. The van der Waals surface area contributed by atoms with Crippen LogP contribution in [0.15, 0.2) is 47.4 Å². The molecular weight excluding hydrogens is 346 g/mol. The van der Waals surface area contributed by atoms with Gasteiger partial charge in [-0.15, -0.1) is 0 Å². The molecule has 8 nitrogen and oxygen atoms in total. The summed E-state index contributed by atoms with van der Waals surface area (Å²) in [6.45, 7) is 1.97. The van der Waals surface area contributed by atoms with Crippen LogP contribution in [0.1, 0.15) is 22.8 Å². The molecule has 25 heavy (non-hydrogen) atoms. The van der Waals surface area contributed by atoms with Crippen molar-refractivity contribution in [3.05, 3.63) is 63.7 Å². The molecule has 0 saturated carbocycles. The molecule has 0 fully saturated rings. The Labute approximate surface area is 145 Å². The second-order valence-corrected chi connectivity index (χ2v) is 6.83. The molecule has 1 amide bonds. The molecule has 132 valence electrons. The summed E-state index contributed by atoms with van der Waals surface area (Å²) in [7, 11) is -2.81. The van der Waals surface area contributed by atoms with Crippen LogP contribution in [0.25, 0.3) is 0 Å². The standard InChI is InChI=1S/C16H17N3O5S/c1-3-11-4-7-13(8-5-11)18-25(23,24)15-9-6-12(16(20)17-2)10-14(15)19(21)22/h4-10,18H,3H2,1-2H3,(H,17,20). The van der Waals surface area contributed by atoms with E-state index in [0.29, 0.717) is 5.69 Å². The van der Waals surface area contributed by atoms with Crippen LogP contribution in [0, 0.1) is 10.1 Å². The molecule has 2 aromatic carbocycles. The van der Waals surface area contributed by atoms with E-state index in [9.17, 15) is 23.3 Å². The van der Waals surface area contributed by atoms with Gasteiger partial charge >= 0.3 is 0 Å². The number of sulfonamides is 1. The smallest absolute Gasteiger partial charge is 0.290 e. The van der Waals surface area contributed by atoms with Gasteiger partial charge in [-0.05, 0) is 36.2 Å². The number of benzene rings is 2. The molecule has 0 aliphatic heterocycles. The quantitative estimate of drug-likeness (QED) is 0.603. The van der Waals surface area contributed by atoms with Gasteiger partial charge in [0.05, 0.1) is 4.92 Å². The van der Waals surface area contributed by atoms with Gasteiger partial charge in [-0.25, -0.2) is 8.42 Å².